The molecule has 2 rings (SSSR count). The Labute approximate surface area is 106 Å². The average molecular weight is 251 g/mol. The van der Waals surface area contributed by atoms with E-state index in [0.29, 0.717) is 17.9 Å². The van der Waals surface area contributed by atoms with Crippen LogP contribution in [-0.4, -0.2) is 23.3 Å². The quantitative estimate of drug-likeness (QED) is 0.828. The maximum Gasteiger partial charge on any atom is 0.151 e. The van der Waals surface area contributed by atoms with Crippen LogP contribution >= 0.6 is 0 Å². The fraction of sp³-hybridized carbons (Fsp3) is 0.462. The Morgan fingerprint density at radius 3 is 2.94 bits per heavy atom. The van der Waals surface area contributed by atoms with Gasteiger partial charge in [-0.25, -0.2) is 9.37 Å². The summed E-state index contributed by atoms with van der Waals surface area (Å²) in [6.07, 6.45) is 1.63. The van der Waals surface area contributed by atoms with Crippen LogP contribution in [0.25, 0.3) is 11.0 Å². The number of benzene rings is 1. The lowest BCUT2D eigenvalue weighted by Crippen LogP contribution is -2.15. The van der Waals surface area contributed by atoms with E-state index in [1.165, 1.54) is 6.07 Å². The largest absolute Gasteiger partial charge is 0.385 e. The minimum absolute atomic E-state index is 0.197. The monoisotopic (exact) mass is 251 g/mol. The number of fused-ring (bicyclic) bond motifs is 1. The number of hydrogen-bond acceptors (Lipinski definition) is 3. The molecule has 0 spiro atoms. The number of para-hydroxylation sites is 1. The molecule has 1 unspecified atom stereocenters. The molecule has 0 aliphatic rings. The molecule has 1 aromatic heterocycles. The summed E-state index contributed by atoms with van der Waals surface area (Å²) in [7, 11) is 3.52. The number of hydrogen-bond donors (Lipinski definition) is 1. The number of nitrogens with zero attached hydrogens (tertiary/aromatic N) is 2. The van der Waals surface area contributed by atoms with Gasteiger partial charge in [0, 0.05) is 20.8 Å². The second kappa shape index (κ2) is 5.46. The normalized spacial score (nSPS) is 13.1. The highest BCUT2D eigenvalue weighted by Crippen LogP contribution is 2.22. The van der Waals surface area contributed by atoms with Crippen LogP contribution < -0.4 is 5.73 Å². The SMILES string of the molecule is COCCCC(N)c1nc2c(F)cccc2n1C. The number of methoxy groups -OCH3 is 1. The maximum absolute atomic E-state index is 13.6. The molecular weight excluding hydrogens is 233 g/mol. The predicted octanol–water partition coefficient (Wildman–Crippen LogP) is 2.14. The zero-order chi connectivity index (χ0) is 13.1. The first-order valence-electron chi connectivity index (χ1n) is 6.00. The topological polar surface area (TPSA) is 53.1 Å². The van der Waals surface area contributed by atoms with Crippen LogP contribution in [0.5, 0.6) is 0 Å². The first-order valence-corrected chi connectivity index (χ1v) is 6.00. The summed E-state index contributed by atoms with van der Waals surface area (Å²) in [5, 5.41) is 0. The second-order valence-electron chi connectivity index (χ2n) is 4.38. The highest BCUT2D eigenvalue weighted by molar-refractivity contribution is 5.76. The molecule has 1 heterocycles. The van der Waals surface area contributed by atoms with Crippen molar-refractivity contribution in [3.05, 3.63) is 29.8 Å². The minimum atomic E-state index is -0.307. The van der Waals surface area contributed by atoms with Crippen LogP contribution in [0.1, 0.15) is 24.7 Å². The molecule has 1 atom stereocenters. The van der Waals surface area contributed by atoms with Crippen LogP contribution in [0.2, 0.25) is 0 Å². The molecule has 0 amide bonds. The Morgan fingerprint density at radius 1 is 1.50 bits per heavy atom. The minimum Gasteiger partial charge on any atom is -0.385 e. The third kappa shape index (κ3) is 2.37. The van der Waals surface area contributed by atoms with Gasteiger partial charge >= 0.3 is 0 Å². The highest BCUT2D eigenvalue weighted by Gasteiger charge is 2.16. The Hall–Kier alpha value is -1.46. The molecule has 0 aliphatic heterocycles. The molecule has 0 saturated heterocycles. The van der Waals surface area contributed by atoms with Gasteiger partial charge in [-0.1, -0.05) is 6.07 Å². The Balaban J connectivity index is 2.28. The van der Waals surface area contributed by atoms with Gasteiger partial charge in [0.25, 0.3) is 0 Å². The summed E-state index contributed by atoms with van der Waals surface area (Å²) >= 11 is 0. The van der Waals surface area contributed by atoms with Crippen molar-refractivity contribution < 1.29 is 9.13 Å². The number of rotatable bonds is 5. The highest BCUT2D eigenvalue weighted by atomic mass is 19.1. The summed E-state index contributed by atoms with van der Waals surface area (Å²) < 4.78 is 20.5. The van der Waals surface area contributed by atoms with Gasteiger partial charge in [-0.05, 0) is 25.0 Å². The van der Waals surface area contributed by atoms with Crippen LogP contribution in [0.15, 0.2) is 18.2 Å². The molecule has 18 heavy (non-hydrogen) atoms. The summed E-state index contributed by atoms with van der Waals surface area (Å²) in [5.74, 6) is 0.407. The number of ether oxygens (including phenoxy) is 1. The molecule has 0 fully saturated rings. The van der Waals surface area contributed by atoms with Crippen molar-refractivity contribution >= 4 is 11.0 Å². The lowest BCUT2D eigenvalue weighted by molar-refractivity contribution is 0.190. The smallest absolute Gasteiger partial charge is 0.151 e. The van der Waals surface area contributed by atoms with E-state index in [9.17, 15) is 4.39 Å². The van der Waals surface area contributed by atoms with Crippen molar-refractivity contribution in [2.45, 2.75) is 18.9 Å². The van der Waals surface area contributed by atoms with Crippen molar-refractivity contribution in [1.82, 2.24) is 9.55 Å². The van der Waals surface area contributed by atoms with E-state index in [4.69, 9.17) is 10.5 Å². The van der Waals surface area contributed by atoms with E-state index < -0.39 is 0 Å². The van der Waals surface area contributed by atoms with Gasteiger partial charge in [0.1, 0.15) is 11.3 Å². The van der Waals surface area contributed by atoms with E-state index in [2.05, 4.69) is 4.98 Å². The summed E-state index contributed by atoms with van der Waals surface area (Å²) in [6, 6.07) is 4.74. The first kappa shape index (κ1) is 13.0. The predicted molar refractivity (Wildman–Crippen MR) is 68.7 cm³/mol. The summed E-state index contributed by atoms with van der Waals surface area (Å²) in [6.45, 7) is 0.673. The average Bonchev–Trinajstić information content (AvgIpc) is 2.69. The van der Waals surface area contributed by atoms with Crippen molar-refractivity contribution in [3.63, 3.8) is 0 Å². The number of halogens is 1. The lowest BCUT2D eigenvalue weighted by Gasteiger charge is -2.11. The van der Waals surface area contributed by atoms with Gasteiger partial charge in [-0.2, -0.15) is 0 Å². The van der Waals surface area contributed by atoms with E-state index in [1.807, 2.05) is 17.7 Å². The number of nitrogens with two attached hydrogens (primary N) is 1. The van der Waals surface area contributed by atoms with Crippen LogP contribution in [0.4, 0.5) is 4.39 Å². The molecule has 98 valence electrons. The van der Waals surface area contributed by atoms with Gasteiger partial charge in [0.05, 0.1) is 11.6 Å². The van der Waals surface area contributed by atoms with E-state index in [-0.39, 0.29) is 11.9 Å². The fourth-order valence-corrected chi connectivity index (χ4v) is 2.11. The van der Waals surface area contributed by atoms with Crippen LogP contribution in [0.3, 0.4) is 0 Å². The molecule has 2 aromatic rings. The molecule has 1 aromatic carbocycles. The third-order valence-electron chi connectivity index (χ3n) is 3.09. The van der Waals surface area contributed by atoms with Gasteiger partial charge in [0.15, 0.2) is 5.82 Å². The second-order valence-corrected chi connectivity index (χ2v) is 4.38. The molecule has 0 aliphatic carbocycles. The lowest BCUT2D eigenvalue weighted by atomic mass is 10.1. The third-order valence-corrected chi connectivity index (χ3v) is 3.09. The molecule has 0 radical (unpaired) electrons. The van der Waals surface area contributed by atoms with E-state index >= 15 is 0 Å². The molecule has 0 saturated carbocycles. The van der Waals surface area contributed by atoms with Crippen LogP contribution in [0, 0.1) is 5.82 Å². The molecule has 5 heteroatoms. The maximum atomic E-state index is 13.6. The fourth-order valence-electron chi connectivity index (χ4n) is 2.11. The van der Waals surface area contributed by atoms with Gasteiger partial charge < -0.3 is 15.0 Å². The van der Waals surface area contributed by atoms with Crippen molar-refractivity contribution in [1.29, 1.82) is 0 Å². The first-order chi connectivity index (χ1) is 8.65. The molecule has 4 nitrogen and oxygen atoms in total. The van der Waals surface area contributed by atoms with Gasteiger partial charge in [-0.3, -0.25) is 0 Å². The van der Waals surface area contributed by atoms with E-state index in [0.717, 1.165) is 18.4 Å². The summed E-state index contributed by atoms with van der Waals surface area (Å²) in [4.78, 5) is 4.31. The number of aryl methyl sites for hydroxylation is 1. The standard InChI is InChI=1S/C13H18FN3O/c1-17-11-7-3-5-9(14)12(11)16-13(17)10(15)6-4-8-18-2/h3,5,7,10H,4,6,8,15H2,1-2H3. The van der Waals surface area contributed by atoms with Crippen molar-refractivity contribution in [2.24, 2.45) is 12.8 Å². The Bertz CT molecular complexity index is 538. The van der Waals surface area contributed by atoms with Crippen molar-refractivity contribution in [3.8, 4) is 0 Å². The molecular formula is C13H18FN3O. The summed E-state index contributed by atoms with van der Waals surface area (Å²) in [5.41, 5.74) is 7.25. The van der Waals surface area contributed by atoms with E-state index in [1.54, 1.807) is 13.2 Å². The molecule has 0 bridgehead atoms. The van der Waals surface area contributed by atoms with Gasteiger partial charge in [0.2, 0.25) is 0 Å². The number of imidazole rings is 1. The Morgan fingerprint density at radius 2 is 2.28 bits per heavy atom. The van der Waals surface area contributed by atoms with Crippen molar-refractivity contribution in [2.75, 3.05) is 13.7 Å². The zero-order valence-electron chi connectivity index (χ0n) is 10.7. The van der Waals surface area contributed by atoms with Gasteiger partial charge in [-0.15, -0.1) is 0 Å². The van der Waals surface area contributed by atoms with Crippen LogP contribution in [-0.2, 0) is 11.8 Å². The Kier molecular flexibility index (Phi) is 3.93. The number of aromatic nitrogens is 2. The zero-order valence-corrected chi connectivity index (χ0v) is 10.7. The molecule has 2 N–H and O–H groups in total.